The summed E-state index contributed by atoms with van der Waals surface area (Å²) in [5, 5.41) is 15.5. The van der Waals surface area contributed by atoms with E-state index in [0.29, 0.717) is 5.95 Å². The van der Waals surface area contributed by atoms with Crippen molar-refractivity contribution >= 4 is 11.6 Å². The molecule has 0 saturated heterocycles. The van der Waals surface area contributed by atoms with Gasteiger partial charge < -0.3 is 10.1 Å². The topological polar surface area (TPSA) is 64.9 Å². The minimum absolute atomic E-state index is 0.101. The Labute approximate surface area is 168 Å². The summed E-state index contributed by atoms with van der Waals surface area (Å²) in [4.78, 5) is 0. The zero-order valence-corrected chi connectivity index (χ0v) is 15.9. The highest BCUT2D eigenvalue weighted by atomic mass is 16.5. The molecule has 0 spiro atoms. The van der Waals surface area contributed by atoms with Gasteiger partial charge in [-0.25, -0.2) is 0 Å². The number of hydrogen-bond donors (Lipinski definition) is 1. The van der Waals surface area contributed by atoms with Crippen LogP contribution in [-0.4, -0.2) is 27.3 Å². The molecule has 142 valence electrons. The number of methoxy groups -OCH3 is 1. The van der Waals surface area contributed by atoms with E-state index >= 15 is 0 Å². The number of allylic oxidation sites excluding steroid dienone is 1. The lowest BCUT2D eigenvalue weighted by Crippen LogP contribution is -2.20. The molecule has 0 radical (unpaired) electrons. The quantitative estimate of drug-likeness (QED) is 0.567. The van der Waals surface area contributed by atoms with E-state index in [9.17, 15) is 0 Å². The van der Waals surface area contributed by atoms with Crippen molar-refractivity contribution in [3.63, 3.8) is 0 Å². The van der Waals surface area contributed by atoms with E-state index in [-0.39, 0.29) is 6.04 Å². The highest BCUT2D eigenvalue weighted by Gasteiger charge is 2.24. The molecule has 1 aliphatic heterocycles. The summed E-state index contributed by atoms with van der Waals surface area (Å²) in [6, 6.07) is 26.7. The molecule has 0 unspecified atom stereocenters. The molecule has 1 aliphatic rings. The van der Waals surface area contributed by atoms with Crippen LogP contribution in [0.2, 0.25) is 0 Å². The van der Waals surface area contributed by atoms with Crippen molar-refractivity contribution < 1.29 is 4.74 Å². The minimum atomic E-state index is -0.101. The van der Waals surface area contributed by atoms with Crippen molar-refractivity contribution in [2.45, 2.75) is 6.04 Å². The van der Waals surface area contributed by atoms with Crippen LogP contribution in [0.4, 0.5) is 5.95 Å². The monoisotopic (exact) mass is 381 g/mol. The minimum Gasteiger partial charge on any atom is -0.497 e. The van der Waals surface area contributed by atoms with E-state index in [1.54, 1.807) is 11.8 Å². The number of nitrogens with zero attached hydrogens (tertiary/aromatic N) is 4. The van der Waals surface area contributed by atoms with E-state index in [1.165, 1.54) is 11.1 Å². The molecule has 0 amide bonds. The average molecular weight is 381 g/mol. The molecule has 3 aromatic carbocycles. The van der Waals surface area contributed by atoms with Crippen molar-refractivity contribution in [3.8, 4) is 16.9 Å². The van der Waals surface area contributed by atoms with Crippen LogP contribution in [0.3, 0.4) is 0 Å². The lowest BCUT2D eigenvalue weighted by atomic mass is 9.99. The Kier molecular flexibility index (Phi) is 4.29. The summed E-state index contributed by atoms with van der Waals surface area (Å²) < 4.78 is 7.06. The molecule has 1 atom stereocenters. The Morgan fingerprint density at radius 1 is 0.828 bits per heavy atom. The second-order valence-electron chi connectivity index (χ2n) is 6.81. The zero-order valence-electron chi connectivity index (χ0n) is 15.9. The first-order chi connectivity index (χ1) is 14.3. The van der Waals surface area contributed by atoms with Crippen LogP contribution in [0, 0.1) is 0 Å². The molecule has 0 aliphatic carbocycles. The van der Waals surface area contributed by atoms with Gasteiger partial charge in [0, 0.05) is 5.70 Å². The van der Waals surface area contributed by atoms with Crippen LogP contribution >= 0.6 is 0 Å². The van der Waals surface area contributed by atoms with Crippen molar-refractivity contribution in [1.29, 1.82) is 0 Å². The molecule has 0 fully saturated rings. The smallest absolute Gasteiger partial charge is 0.248 e. The molecule has 6 heteroatoms. The van der Waals surface area contributed by atoms with E-state index < -0.39 is 0 Å². The molecule has 6 nitrogen and oxygen atoms in total. The Bertz CT molecular complexity index is 1150. The largest absolute Gasteiger partial charge is 0.497 e. The number of hydrogen-bond acceptors (Lipinski definition) is 5. The lowest BCUT2D eigenvalue weighted by molar-refractivity contribution is 0.414. The first-order valence-electron chi connectivity index (χ1n) is 9.38. The summed E-state index contributed by atoms with van der Waals surface area (Å²) in [7, 11) is 1.66. The predicted octanol–water partition coefficient (Wildman–Crippen LogP) is 4.40. The molecular formula is C23H19N5O. The number of benzene rings is 3. The SMILES string of the molecule is COc1ccc([C@H]2C=C(c3ccc(-c4ccccc4)cc3)Nc3nnnn32)cc1. The van der Waals surface area contributed by atoms with E-state index in [4.69, 9.17) is 4.74 Å². The molecule has 29 heavy (non-hydrogen) atoms. The molecule has 0 saturated carbocycles. The van der Waals surface area contributed by atoms with Gasteiger partial charge in [0.25, 0.3) is 0 Å². The Hall–Kier alpha value is -3.93. The second-order valence-corrected chi connectivity index (χ2v) is 6.81. The van der Waals surface area contributed by atoms with Gasteiger partial charge in [-0.05, 0) is 50.9 Å². The molecule has 5 rings (SSSR count). The summed E-state index contributed by atoms with van der Waals surface area (Å²) >= 11 is 0. The molecule has 0 bridgehead atoms. The number of aromatic nitrogens is 4. The number of fused-ring (bicyclic) bond motifs is 1. The third kappa shape index (κ3) is 3.25. The maximum Gasteiger partial charge on any atom is 0.248 e. The standard InChI is InChI=1S/C23H19N5O/c1-29-20-13-11-19(12-14-20)22-15-21(24-23-25-26-27-28(22)23)18-9-7-17(8-10-18)16-5-3-2-4-6-16/h2-15,22H,1H3,(H,24,25,27)/t22-/m1/s1. The van der Waals surface area contributed by atoms with E-state index in [2.05, 4.69) is 63.3 Å². The van der Waals surface area contributed by atoms with Crippen molar-refractivity contribution in [2.24, 2.45) is 0 Å². The average Bonchev–Trinajstić information content (AvgIpc) is 3.28. The van der Waals surface area contributed by atoms with Crippen molar-refractivity contribution in [2.75, 3.05) is 12.4 Å². The van der Waals surface area contributed by atoms with Gasteiger partial charge in [-0.3, -0.25) is 0 Å². The highest BCUT2D eigenvalue weighted by Crippen LogP contribution is 2.33. The molecule has 4 aromatic rings. The van der Waals surface area contributed by atoms with Crippen molar-refractivity contribution in [3.05, 3.63) is 96.1 Å². The Morgan fingerprint density at radius 2 is 1.52 bits per heavy atom. The molecule has 1 aromatic heterocycles. The van der Waals surface area contributed by atoms with E-state index in [1.807, 2.05) is 42.5 Å². The molecule has 2 heterocycles. The summed E-state index contributed by atoms with van der Waals surface area (Å²) in [5.41, 5.74) is 5.52. The van der Waals surface area contributed by atoms with Gasteiger partial charge in [-0.15, -0.1) is 0 Å². The lowest BCUT2D eigenvalue weighted by Gasteiger charge is -2.23. The number of ether oxygens (including phenoxy) is 1. The second kappa shape index (κ2) is 7.24. The van der Waals surface area contributed by atoms with Crippen LogP contribution in [0.5, 0.6) is 5.75 Å². The van der Waals surface area contributed by atoms with Crippen LogP contribution < -0.4 is 10.1 Å². The molecule has 1 N–H and O–H groups in total. The Balaban J connectivity index is 1.50. The fourth-order valence-electron chi connectivity index (χ4n) is 3.53. The fourth-order valence-corrected chi connectivity index (χ4v) is 3.53. The highest BCUT2D eigenvalue weighted by molar-refractivity contribution is 5.78. The number of tetrazole rings is 1. The zero-order chi connectivity index (χ0) is 19.6. The van der Waals surface area contributed by atoms with Gasteiger partial charge in [0.1, 0.15) is 11.8 Å². The molecular weight excluding hydrogens is 362 g/mol. The maximum atomic E-state index is 5.27. The van der Waals surface area contributed by atoms with Crippen LogP contribution in [0.1, 0.15) is 17.2 Å². The normalized spacial score (nSPS) is 15.2. The van der Waals surface area contributed by atoms with E-state index in [0.717, 1.165) is 22.6 Å². The number of nitrogens with one attached hydrogen (secondary N) is 1. The first kappa shape index (κ1) is 17.2. The van der Waals surface area contributed by atoms with Gasteiger partial charge in [-0.2, -0.15) is 4.68 Å². The summed E-state index contributed by atoms with van der Waals surface area (Å²) in [6.07, 6.45) is 2.14. The van der Waals surface area contributed by atoms with Crippen molar-refractivity contribution in [1.82, 2.24) is 20.2 Å². The third-order valence-electron chi connectivity index (χ3n) is 5.09. The van der Waals surface area contributed by atoms with Gasteiger partial charge in [-0.1, -0.05) is 71.8 Å². The third-order valence-corrected chi connectivity index (χ3v) is 5.09. The predicted molar refractivity (Wildman–Crippen MR) is 112 cm³/mol. The van der Waals surface area contributed by atoms with Gasteiger partial charge in [0.2, 0.25) is 5.95 Å². The number of anilines is 1. The summed E-state index contributed by atoms with van der Waals surface area (Å²) in [5.74, 6) is 1.44. The first-order valence-corrected chi connectivity index (χ1v) is 9.38. The van der Waals surface area contributed by atoms with Gasteiger partial charge >= 0.3 is 0 Å². The van der Waals surface area contributed by atoms with Gasteiger partial charge in [0.15, 0.2) is 0 Å². The Morgan fingerprint density at radius 3 is 2.24 bits per heavy atom. The maximum absolute atomic E-state index is 5.27. The fraction of sp³-hybridized carbons (Fsp3) is 0.0870. The van der Waals surface area contributed by atoms with Gasteiger partial charge in [0.05, 0.1) is 7.11 Å². The van der Waals surface area contributed by atoms with Crippen LogP contribution in [0.25, 0.3) is 16.8 Å². The summed E-state index contributed by atoms with van der Waals surface area (Å²) in [6.45, 7) is 0. The van der Waals surface area contributed by atoms with Crippen LogP contribution in [0.15, 0.2) is 84.9 Å². The van der Waals surface area contributed by atoms with Crippen LogP contribution in [-0.2, 0) is 0 Å². The number of rotatable bonds is 4.